The number of thiol groups is 2. The molecular formula is C15H20O4S4. The molecule has 0 bridgehead atoms. The van der Waals surface area contributed by atoms with E-state index in [4.69, 9.17) is 9.47 Å². The van der Waals surface area contributed by atoms with Crippen LogP contribution in [0.2, 0.25) is 0 Å². The molecule has 0 atom stereocenters. The summed E-state index contributed by atoms with van der Waals surface area (Å²) in [5.41, 5.74) is 1.05. The van der Waals surface area contributed by atoms with Gasteiger partial charge in [0.05, 0.1) is 16.1 Å². The van der Waals surface area contributed by atoms with Crippen LogP contribution in [-0.2, 0) is 19.1 Å². The van der Waals surface area contributed by atoms with Crippen LogP contribution in [0.4, 0.5) is 0 Å². The van der Waals surface area contributed by atoms with Crippen LogP contribution in [0.1, 0.15) is 10.1 Å². The van der Waals surface area contributed by atoms with E-state index in [1.807, 2.05) is 30.3 Å². The lowest BCUT2D eigenvalue weighted by atomic mass is 10.2. The molecule has 0 aromatic heterocycles. The summed E-state index contributed by atoms with van der Waals surface area (Å²) in [7, 11) is 0. The molecule has 0 amide bonds. The van der Waals surface area contributed by atoms with Crippen LogP contribution in [0.25, 0.3) is 0 Å². The van der Waals surface area contributed by atoms with Gasteiger partial charge in [-0.2, -0.15) is 25.3 Å². The molecule has 1 aromatic carbocycles. The lowest BCUT2D eigenvalue weighted by Gasteiger charge is -2.16. The van der Waals surface area contributed by atoms with Gasteiger partial charge in [0.15, 0.2) is 0 Å². The summed E-state index contributed by atoms with van der Waals surface area (Å²) in [5, 5.41) is 0. The Kier molecular flexibility index (Phi) is 11.6. The van der Waals surface area contributed by atoms with Crippen molar-refractivity contribution < 1.29 is 19.1 Å². The standard InChI is InChI=1S/C15H20O4S4/c16-13(18-6-8-20)10-22-15(12-4-2-1-3-5-12)23-11-14(17)19-7-9-21/h1-5,15,20-21H,6-11H2. The molecule has 1 rings (SSSR count). The van der Waals surface area contributed by atoms with Crippen LogP contribution in [0.5, 0.6) is 0 Å². The predicted molar refractivity (Wildman–Crippen MR) is 104 cm³/mol. The highest BCUT2D eigenvalue weighted by atomic mass is 32.2. The van der Waals surface area contributed by atoms with Crippen molar-refractivity contribution in [1.82, 2.24) is 0 Å². The van der Waals surface area contributed by atoms with Crippen molar-refractivity contribution >= 4 is 60.7 Å². The minimum absolute atomic E-state index is 0.0386. The van der Waals surface area contributed by atoms with Crippen molar-refractivity contribution in [2.75, 3.05) is 36.2 Å². The molecule has 1 aromatic rings. The quantitative estimate of drug-likeness (QED) is 0.343. The van der Waals surface area contributed by atoms with Gasteiger partial charge < -0.3 is 9.47 Å². The third-order valence-electron chi connectivity index (χ3n) is 2.49. The van der Waals surface area contributed by atoms with E-state index in [0.29, 0.717) is 24.7 Å². The fraction of sp³-hybridized carbons (Fsp3) is 0.467. The topological polar surface area (TPSA) is 52.6 Å². The Morgan fingerprint density at radius 1 is 0.913 bits per heavy atom. The van der Waals surface area contributed by atoms with Gasteiger partial charge in [-0.25, -0.2) is 0 Å². The lowest BCUT2D eigenvalue weighted by molar-refractivity contribution is -0.140. The van der Waals surface area contributed by atoms with Gasteiger partial charge >= 0.3 is 11.9 Å². The average Bonchev–Trinajstić information content (AvgIpc) is 2.58. The third kappa shape index (κ3) is 9.44. The number of rotatable bonds is 11. The predicted octanol–water partition coefficient (Wildman–Crippen LogP) is 3.10. The average molecular weight is 393 g/mol. The van der Waals surface area contributed by atoms with Crippen LogP contribution in [0, 0.1) is 0 Å². The lowest BCUT2D eigenvalue weighted by Crippen LogP contribution is -2.12. The molecule has 0 heterocycles. The van der Waals surface area contributed by atoms with Crippen molar-refractivity contribution in [2.45, 2.75) is 4.58 Å². The van der Waals surface area contributed by atoms with Crippen LogP contribution >= 0.6 is 48.8 Å². The minimum Gasteiger partial charge on any atom is -0.464 e. The summed E-state index contributed by atoms with van der Waals surface area (Å²) in [6, 6.07) is 9.74. The molecule has 23 heavy (non-hydrogen) atoms. The first-order valence-corrected chi connectivity index (χ1v) is 10.3. The highest BCUT2D eigenvalue weighted by Crippen LogP contribution is 2.39. The Hall–Kier alpha value is -0.440. The SMILES string of the molecule is O=C(CSC(SCC(=O)OCCS)c1ccccc1)OCCS. The van der Waals surface area contributed by atoms with Crippen LogP contribution < -0.4 is 0 Å². The molecule has 0 radical (unpaired) electrons. The molecule has 8 heteroatoms. The van der Waals surface area contributed by atoms with Crippen LogP contribution in [0.3, 0.4) is 0 Å². The van der Waals surface area contributed by atoms with Crippen molar-refractivity contribution in [3.63, 3.8) is 0 Å². The second kappa shape index (κ2) is 12.9. The normalized spacial score (nSPS) is 10.6. The Bertz CT molecular complexity index is 446. The van der Waals surface area contributed by atoms with Gasteiger partial charge in [-0.3, -0.25) is 9.59 Å². The van der Waals surface area contributed by atoms with Crippen LogP contribution in [0.15, 0.2) is 30.3 Å². The monoisotopic (exact) mass is 392 g/mol. The van der Waals surface area contributed by atoms with Crippen molar-refractivity contribution in [2.24, 2.45) is 0 Å². The summed E-state index contributed by atoms with van der Waals surface area (Å²) in [6.07, 6.45) is 0. The second-order valence-electron chi connectivity index (χ2n) is 4.25. The molecule has 0 aliphatic carbocycles. The van der Waals surface area contributed by atoms with Crippen molar-refractivity contribution in [3.8, 4) is 0 Å². The van der Waals surface area contributed by atoms with Gasteiger partial charge in [0.25, 0.3) is 0 Å². The molecular weight excluding hydrogens is 372 g/mol. The number of carbonyl (C=O) groups excluding carboxylic acids is 2. The summed E-state index contributed by atoms with van der Waals surface area (Å²) in [6.45, 7) is 0.614. The number of ether oxygens (including phenoxy) is 2. The number of esters is 2. The van der Waals surface area contributed by atoms with E-state index in [9.17, 15) is 9.59 Å². The third-order valence-corrected chi connectivity index (χ3v) is 5.62. The second-order valence-corrected chi connectivity index (χ2v) is 7.63. The number of carbonyl (C=O) groups is 2. The van der Waals surface area contributed by atoms with E-state index in [-0.39, 0.29) is 28.0 Å². The van der Waals surface area contributed by atoms with Gasteiger partial charge in [-0.15, -0.1) is 23.5 Å². The maximum Gasteiger partial charge on any atom is 0.315 e. The summed E-state index contributed by atoms with van der Waals surface area (Å²) in [5.74, 6) is 0.915. The fourth-order valence-corrected chi connectivity index (χ4v) is 3.96. The Labute approximate surface area is 156 Å². The molecule has 0 aliphatic rings. The Balaban J connectivity index is 2.53. The minimum atomic E-state index is -0.275. The largest absolute Gasteiger partial charge is 0.464 e. The zero-order valence-electron chi connectivity index (χ0n) is 12.6. The molecule has 0 saturated heterocycles. The molecule has 128 valence electrons. The fourth-order valence-electron chi connectivity index (χ4n) is 1.54. The van der Waals surface area contributed by atoms with E-state index in [0.717, 1.165) is 5.56 Å². The summed E-state index contributed by atoms with van der Waals surface area (Å²) >= 11 is 10.9. The molecule has 4 nitrogen and oxygen atoms in total. The van der Waals surface area contributed by atoms with E-state index in [2.05, 4.69) is 25.3 Å². The first-order chi connectivity index (χ1) is 11.2. The Morgan fingerprint density at radius 2 is 1.39 bits per heavy atom. The van der Waals surface area contributed by atoms with Gasteiger partial charge in [-0.05, 0) is 5.56 Å². The van der Waals surface area contributed by atoms with E-state index < -0.39 is 0 Å². The van der Waals surface area contributed by atoms with E-state index >= 15 is 0 Å². The first-order valence-electron chi connectivity index (χ1n) is 6.98. The van der Waals surface area contributed by atoms with Crippen molar-refractivity contribution in [1.29, 1.82) is 0 Å². The van der Waals surface area contributed by atoms with Crippen LogP contribution in [-0.4, -0.2) is 48.2 Å². The molecule has 0 N–H and O–H groups in total. The number of thioether (sulfide) groups is 2. The maximum atomic E-state index is 11.6. The van der Waals surface area contributed by atoms with Crippen molar-refractivity contribution in [3.05, 3.63) is 35.9 Å². The van der Waals surface area contributed by atoms with Gasteiger partial charge in [0, 0.05) is 11.5 Å². The summed E-state index contributed by atoms with van der Waals surface area (Å²) < 4.78 is 9.98. The van der Waals surface area contributed by atoms with E-state index in [1.165, 1.54) is 23.5 Å². The highest BCUT2D eigenvalue weighted by Gasteiger charge is 2.17. The molecule has 0 saturated carbocycles. The smallest absolute Gasteiger partial charge is 0.315 e. The zero-order valence-corrected chi connectivity index (χ0v) is 16.0. The molecule has 0 spiro atoms. The molecule has 0 unspecified atom stereocenters. The number of hydrogen-bond donors (Lipinski definition) is 2. The summed E-state index contributed by atoms with van der Waals surface area (Å²) in [4.78, 5) is 23.3. The number of benzene rings is 1. The Morgan fingerprint density at radius 3 is 1.83 bits per heavy atom. The van der Waals surface area contributed by atoms with Gasteiger partial charge in [0.1, 0.15) is 13.2 Å². The highest BCUT2D eigenvalue weighted by molar-refractivity contribution is 8.16. The van der Waals surface area contributed by atoms with Gasteiger partial charge in [-0.1, -0.05) is 30.3 Å². The van der Waals surface area contributed by atoms with E-state index in [1.54, 1.807) is 0 Å². The first kappa shape index (κ1) is 20.6. The van der Waals surface area contributed by atoms with Gasteiger partial charge in [0.2, 0.25) is 0 Å². The maximum absolute atomic E-state index is 11.6. The molecule has 0 aliphatic heterocycles. The number of hydrogen-bond acceptors (Lipinski definition) is 8. The molecule has 0 fully saturated rings. The zero-order chi connectivity index (χ0) is 16.9.